The first-order valence-electron chi connectivity index (χ1n) is 6.28. The van der Waals surface area contributed by atoms with Crippen molar-refractivity contribution in [2.75, 3.05) is 21.3 Å². The molecule has 1 aliphatic heterocycles. The lowest BCUT2D eigenvalue weighted by Crippen LogP contribution is -2.35. The van der Waals surface area contributed by atoms with Crippen molar-refractivity contribution in [1.82, 2.24) is 4.90 Å². The molecule has 1 atom stereocenters. The highest BCUT2D eigenvalue weighted by Gasteiger charge is 2.27. The largest absolute Gasteiger partial charge is 0.496 e. The molecule has 18 heavy (non-hydrogen) atoms. The van der Waals surface area contributed by atoms with Gasteiger partial charge in [-0.05, 0) is 26.5 Å². The fourth-order valence-corrected chi connectivity index (χ4v) is 2.62. The zero-order valence-electron chi connectivity index (χ0n) is 11.6. The highest BCUT2D eigenvalue weighted by atomic mass is 16.5. The number of hydrogen-bond donors (Lipinski definition) is 1. The number of hydrogen-bond acceptors (Lipinski definition) is 4. The van der Waals surface area contributed by atoms with Crippen molar-refractivity contribution in [1.29, 1.82) is 0 Å². The van der Waals surface area contributed by atoms with Crippen LogP contribution in [0.4, 0.5) is 0 Å². The Labute approximate surface area is 109 Å². The second-order valence-corrected chi connectivity index (χ2v) is 4.90. The summed E-state index contributed by atoms with van der Waals surface area (Å²) in [5.41, 5.74) is 9.30. The summed E-state index contributed by atoms with van der Waals surface area (Å²) in [6, 6.07) is 2.51. The summed E-state index contributed by atoms with van der Waals surface area (Å²) in [5.74, 6) is 1.86. The molecule has 1 heterocycles. The van der Waals surface area contributed by atoms with Crippen molar-refractivity contribution in [2.24, 2.45) is 5.73 Å². The minimum Gasteiger partial charge on any atom is -0.496 e. The molecule has 0 fully saturated rings. The third kappa shape index (κ3) is 2.06. The van der Waals surface area contributed by atoms with Gasteiger partial charge in [-0.3, -0.25) is 4.90 Å². The number of methoxy groups -OCH3 is 2. The minimum absolute atomic E-state index is 0.469. The number of likely N-dealkylation sites (N-methyl/N-ethyl adjacent to an activating group) is 1. The van der Waals surface area contributed by atoms with Gasteiger partial charge in [0, 0.05) is 35.8 Å². The maximum atomic E-state index is 5.80. The van der Waals surface area contributed by atoms with Gasteiger partial charge in [-0.25, -0.2) is 0 Å². The molecule has 1 aromatic rings. The third-order valence-corrected chi connectivity index (χ3v) is 3.84. The number of nitrogens with two attached hydrogens (primary N) is 1. The van der Waals surface area contributed by atoms with Crippen LogP contribution < -0.4 is 15.2 Å². The highest BCUT2D eigenvalue weighted by molar-refractivity contribution is 5.55. The molecular weight excluding hydrogens is 228 g/mol. The van der Waals surface area contributed by atoms with Crippen LogP contribution in [0.1, 0.15) is 23.6 Å². The van der Waals surface area contributed by atoms with Gasteiger partial charge in [-0.15, -0.1) is 0 Å². The lowest BCUT2D eigenvalue weighted by molar-refractivity contribution is 0.223. The Morgan fingerprint density at radius 2 is 2.06 bits per heavy atom. The molecule has 2 N–H and O–H groups in total. The number of nitrogens with zero attached hydrogens (tertiary/aromatic N) is 1. The third-order valence-electron chi connectivity index (χ3n) is 3.84. The van der Waals surface area contributed by atoms with Gasteiger partial charge < -0.3 is 15.2 Å². The van der Waals surface area contributed by atoms with Crippen molar-refractivity contribution >= 4 is 0 Å². The van der Waals surface area contributed by atoms with Crippen LogP contribution in [-0.4, -0.2) is 32.2 Å². The molecule has 0 amide bonds. The molecule has 0 aliphatic carbocycles. The van der Waals surface area contributed by atoms with Gasteiger partial charge >= 0.3 is 0 Å². The summed E-state index contributed by atoms with van der Waals surface area (Å²) in [6.07, 6.45) is 0.971. The smallest absolute Gasteiger partial charge is 0.127 e. The number of fused-ring (bicyclic) bond motifs is 1. The van der Waals surface area contributed by atoms with Gasteiger partial charge in [0.05, 0.1) is 14.2 Å². The second-order valence-electron chi connectivity index (χ2n) is 4.90. The van der Waals surface area contributed by atoms with Crippen molar-refractivity contribution < 1.29 is 9.47 Å². The average Bonchev–Trinajstić information content (AvgIpc) is 2.38. The summed E-state index contributed by atoms with van der Waals surface area (Å²) < 4.78 is 11.1. The topological polar surface area (TPSA) is 47.7 Å². The predicted octanol–water partition coefficient (Wildman–Crippen LogP) is 1.54. The molecule has 100 valence electrons. The Morgan fingerprint density at radius 3 is 2.61 bits per heavy atom. The van der Waals surface area contributed by atoms with E-state index in [1.165, 1.54) is 11.1 Å². The maximum absolute atomic E-state index is 5.80. The molecule has 0 radical (unpaired) electrons. The van der Waals surface area contributed by atoms with E-state index in [2.05, 4.69) is 18.9 Å². The summed E-state index contributed by atoms with van der Waals surface area (Å²) >= 11 is 0. The molecule has 1 aromatic carbocycles. The van der Waals surface area contributed by atoms with Gasteiger partial charge in [-0.1, -0.05) is 0 Å². The molecule has 0 saturated heterocycles. The van der Waals surface area contributed by atoms with Crippen LogP contribution in [0, 0.1) is 0 Å². The Kier molecular flexibility index (Phi) is 3.78. The van der Waals surface area contributed by atoms with E-state index in [9.17, 15) is 0 Å². The van der Waals surface area contributed by atoms with Crippen LogP contribution in [0.5, 0.6) is 11.5 Å². The second kappa shape index (κ2) is 5.16. The van der Waals surface area contributed by atoms with E-state index in [1.807, 2.05) is 6.07 Å². The zero-order chi connectivity index (χ0) is 13.3. The van der Waals surface area contributed by atoms with Gasteiger partial charge in [0.1, 0.15) is 11.5 Å². The Hall–Kier alpha value is -1.26. The minimum atomic E-state index is 0.469. The van der Waals surface area contributed by atoms with E-state index in [-0.39, 0.29) is 0 Å². The lowest BCUT2D eigenvalue weighted by atomic mass is 9.91. The molecule has 0 aromatic heterocycles. The first kappa shape index (κ1) is 13.2. The molecule has 0 bridgehead atoms. The molecule has 4 nitrogen and oxygen atoms in total. The lowest BCUT2D eigenvalue weighted by Gasteiger charge is -2.34. The molecular formula is C14H22N2O2. The summed E-state index contributed by atoms with van der Waals surface area (Å²) in [7, 11) is 5.56. The van der Waals surface area contributed by atoms with E-state index in [0.29, 0.717) is 12.6 Å². The van der Waals surface area contributed by atoms with Crippen molar-refractivity contribution in [2.45, 2.75) is 32.5 Å². The average molecular weight is 250 g/mol. The Morgan fingerprint density at radius 1 is 1.33 bits per heavy atom. The standard InChI is InChI=1S/C14H22N2O2/c1-9-5-11-12(8-16(9)2)13(17-3)6-10(7-15)14(11)18-4/h6,9H,5,7-8,15H2,1-4H3. The SMILES string of the molecule is COc1cc(CN)c(OC)c2c1CN(C)C(C)C2. The van der Waals surface area contributed by atoms with Crippen LogP contribution in [0.25, 0.3) is 0 Å². The monoisotopic (exact) mass is 250 g/mol. The van der Waals surface area contributed by atoms with Crippen LogP contribution in [0.3, 0.4) is 0 Å². The van der Waals surface area contributed by atoms with Gasteiger partial charge in [0.25, 0.3) is 0 Å². The van der Waals surface area contributed by atoms with Crippen LogP contribution in [0.2, 0.25) is 0 Å². The van der Waals surface area contributed by atoms with E-state index in [1.54, 1.807) is 14.2 Å². The van der Waals surface area contributed by atoms with E-state index >= 15 is 0 Å². The van der Waals surface area contributed by atoms with Gasteiger partial charge in [-0.2, -0.15) is 0 Å². The first-order valence-corrected chi connectivity index (χ1v) is 6.28. The number of benzene rings is 1. The molecule has 1 unspecified atom stereocenters. The molecule has 2 rings (SSSR count). The van der Waals surface area contributed by atoms with Crippen molar-refractivity contribution in [3.05, 3.63) is 22.8 Å². The first-order chi connectivity index (χ1) is 8.62. The van der Waals surface area contributed by atoms with Crippen LogP contribution >= 0.6 is 0 Å². The normalized spacial score (nSPS) is 19.5. The Bertz CT molecular complexity index is 446. The zero-order valence-corrected chi connectivity index (χ0v) is 11.6. The highest BCUT2D eigenvalue weighted by Crippen LogP contribution is 2.38. The van der Waals surface area contributed by atoms with Crippen LogP contribution in [-0.2, 0) is 19.5 Å². The van der Waals surface area contributed by atoms with Crippen molar-refractivity contribution in [3.8, 4) is 11.5 Å². The van der Waals surface area contributed by atoms with Gasteiger partial charge in [0.15, 0.2) is 0 Å². The molecule has 1 aliphatic rings. The van der Waals surface area contributed by atoms with E-state index in [0.717, 1.165) is 30.0 Å². The molecule has 0 spiro atoms. The quantitative estimate of drug-likeness (QED) is 0.884. The van der Waals surface area contributed by atoms with E-state index < -0.39 is 0 Å². The summed E-state index contributed by atoms with van der Waals surface area (Å²) in [6.45, 7) is 3.59. The fraction of sp³-hybridized carbons (Fsp3) is 0.571. The van der Waals surface area contributed by atoms with E-state index in [4.69, 9.17) is 15.2 Å². The number of ether oxygens (including phenoxy) is 2. The molecule has 0 saturated carbocycles. The fourth-order valence-electron chi connectivity index (χ4n) is 2.62. The summed E-state index contributed by atoms with van der Waals surface area (Å²) in [4.78, 5) is 2.33. The maximum Gasteiger partial charge on any atom is 0.127 e. The van der Waals surface area contributed by atoms with Gasteiger partial charge in [0.2, 0.25) is 0 Å². The van der Waals surface area contributed by atoms with Crippen LogP contribution in [0.15, 0.2) is 6.07 Å². The predicted molar refractivity (Wildman–Crippen MR) is 72.1 cm³/mol. The van der Waals surface area contributed by atoms with Crippen molar-refractivity contribution in [3.63, 3.8) is 0 Å². The Balaban J connectivity index is 2.60. The molecule has 4 heteroatoms. The number of rotatable bonds is 3. The summed E-state index contributed by atoms with van der Waals surface area (Å²) in [5, 5.41) is 0.